The van der Waals surface area contributed by atoms with Crippen LogP contribution in [0.25, 0.3) is 16.9 Å². The second kappa shape index (κ2) is 4.33. The van der Waals surface area contributed by atoms with E-state index in [1.165, 1.54) is 12.1 Å². The van der Waals surface area contributed by atoms with Crippen molar-refractivity contribution >= 4 is 17.1 Å². The van der Waals surface area contributed by atoms with Gasteiger partial charge < -0.3 is 10.7 Å². The molecule has 0 saturated heterocycles. The molecule has 0 atom stereocenters. The van der Waals surface area contributed by atoms with Crippen LogP contribution in [0.2, 0.25) is 0 Å². The van der Waals surface area contributed by atoms with Crippen LogP contribution < -0.4 is 11.3 Å². The Morgan fingerprint density at radius 2 is 2.05 bits per heavy atom. The topological polar surface area (TPSA) is 89.6 Å². The molecule has 3 aromatic rings. The molecule has 0 bridgehead atoms. The minimum Gasteiger partial charge on any atom is -0.369 e. The molecule has 0 aliphatic heterocycles. The van der Waals surface area contributed by atoms with Crippen molar-refractivity contribution in [2.45, 2.75) is 6.18 Å². The van der Waals surface area contributed by atoms with E-state index < -0.39 is 17.3 Å². The zero-order chi connectivity index (χ0) is 15.2. The second-order valence-electron chi connectivity index (χ2n) is 4.26. The summed E-state index contributed by atoms with van der Waals surface area (Å²) < 4.78 is 39.4. The van der Waals surface area contributed by atoms with Gasteiger partial charge in [0.25, 0.3) is 5.56 Å². The number of rotatable bonds is 1. The number of aromatic nitrogens is 4. The Morgan fingerprint density at radius 3 is 2.76 bits per heavy atom. The monoisotopic (exact) mass is 295 g/mol. The van der Waals surface area contributed by atoms with Crippen LogP contribution in [0.3, 0.4) is 0 Å². The summed E-state index contributed by atoms with van der Waals surface area (Å²) in [6.07, 6.45) is -3.35. The molecule has 9 heteroatoms. The number of nitrogens with one attached hydrogen (secondary N) is 1. The summed E-state index contributed by atoms with van der Waals surface area (Å²) in [5, 5.41) is 0. The zero-order valence-corrected chi connectivity index (χ0v) is 10.3. The lowest BCUT2D eigenvalue weighted by Gasteiger charge is -2.10. The van der Waals surface area contributed by atoms with Crippen LogP contribution in [-0.4, -0.2) is 19.5 Å². The lowest BCUT2D eigenvalue weighted by Crippen LogP contribution is -2.12. The van der Waals surface area contributed by atoms with Gasteiger partial charge in [0.15, 0.2) is 11.2 Å². The average molecular weight is 295 g/mol. The number of hydrogen-bond acceptors (Lipinski definition) is 4. The largest absolute Gasteiger partial charge is 0.416 e. The molecule has 2 aromatic heterocycles. The van der Waals surface area contributed by atoms with Crippen molar-refractivity contribution in [3.05, 3.63) is 46.5 Å². The van der Waals surface area contributed by atoms with Gasteiger partial charge in [0.05, 0.1) is 11.9 Å². The Morgan fingerprint density at radius 1 is 1.29 bits per heavy atom. The summed E-state index contributed by atoms with van der Waals surface area (Å²) in [7, 11) is 0. The highest BCUT2D eigenvalue weighted by molar-refractivity contribution is 5.76. The third-order valence-electron chi connectivity index (χ3n) is 2.91. The Bertz CT molecular complexity index is 880. The third kappa shape index (κ3) is 2.12. The molecule has 0 radical (unpaired) electrons. The minimum absolute atomic E-state index is 0.00526. The van der Waals surface area contributed by atoms with Crippen LogP contribution in [0.15, 0.2) is 35.4 Å². The lowest BCUT2D eigenvalue weighted by atomic mass is 10.2. The van der Waals surface area contributed by atoms with E-state index in [1.54, 1.807) is 0 Å². The average Bonchev–Trinajstić information content (AvgIpc) is 2.75. The molecule has 1 aromatic carbocycles. The first kappa shape index (κ1) is 13.2. The van der Waals surface area contributed by atoms with Crippen molar-refractivity contribution in [1.82, 2.24) is 19.5 Å². The molecular weight excluding hydrogens is 287 g/mol. The number of anilines is 1. The number of H-pyrrole nitrogens is 1. The molecule has 0 saturated carbocycles. The van der Waals surface area contributed by atoms with E-state index >= 15 is 0 Å². The zero-order valence-electron chi connectivity index (χ0n) is 10.3. The summed E-state index contributed by atoms with van der Waals surface area (Å²) in [6.45, 7) is 0. The second-order valence-corrected chi connectivity index (χ2v) is 4.26. The number of nitrogens with zero attached hydrogens (tertiary/aromatic N) is 3. The van der Waals surface area contributed by atoms with Gasteiger partial charge in [0.2, 0.25) is 5.95 Å². The first-order valence-electron chi connectivity index (χ1n) is 5.77. The molecule has 0 amide bonds. The van der Waals surface area contributed by atoms with E-state index in [4.69, 9.17) is 5.73 Å². The number of aromatic amines is 1. The molecule has 0 aliphatic carbocycles. The summed E-state index contributed by atoms with van der Waals surface area (Å²) in [4.78, 5) is 21.9. The number of fused-ring (bicyclic) bond motifs is 1. The summed E-state index contributed by atoms with van der Waals surface area (Å²) in [6, 6.07) is 4.46. The van der Waals surface area contributed by atoms with Gasteiger partial charge >= 0.3 is 6.18 Å². The van der Waals surface area contributed by atoms with Crippen LogP contribution in [0.1, 0.15) is 5.56 Å². The van der Waals surface area contributed by atoms with Gasteiger partial charge in [0.1, 0.15) is 0 Å². The highest BCUT2D eigenvalue weighted by atomic mass is 19.4. The molecule has 2 heterocycles. The van der Waals surface area contributed by atoms with E-state index in [2.05, 4.69) is 15.0 Å². The fourth-order valence-corrected chi connectivity index (χ4v) is 2.02. The van der Waals surface area contributed by atoms with E-state index in [-0.39, 0.29) is 22.8 Å². The standard InChI is InChI=1S/C12H8F3N5O/c13-12(14,15)6-2-1-3-7(4-6)20-8-9(19-11(20)16)17-5-18-10(8)21/h1-5H,(H3,16,17,18,19,21). The van der Waals surface area contributed by atoms with E-state index in [1.807, 2.05) is 0 Å². The highest BCUT2D eigenvalue weighted by Gasteiger charge is 2.30. The van der Waals surface area contributed by atoms with Gasteiger partial charge in [-0.05, 0) is 18.2 Å². The van der Waals surface area contributed by atoms with Gasteiger partial charge in [-0.2, -0.15) is 18.2 Å². The minimum atomic E-state index is -4.49. The number of benzene rings is 1. The molecule has 0 unspecified atom stereocenters. The Balaban J connectivity index is 2.31. The Labute approximate surface area is 115 Å². The van der Waals surface area contributed by atoms with Gasteiger partial charge in [-0.1, -0.05) is 6.07 Å². The Kier molecular flexibility index (Phi) is 2.71. The molecule has 0 spiro atoms. The van der Waals surface area contributed by atoms with Gasteiger partial charge in [-0.3, -0.25) is 9.36 Å². The molecule has 3 rings (SSSR count). The van der Waals surface area contributed by atoms with Crippen molar-refractivity contribution in [3.63, 3.8) is 0 Å². The maximum Gasteiger partial charge on any atom is 0.416 e. The summed E-state index contributed by atoms with van der Waals surface area (Å²) in [5.74, 6) is -0.117. The first-order valence-corrected chi connectivity index (χ1v) is 5.77. The predicted octanol–water partition coefficient (Wildman–Crippen LogP) is 1.71. The number of imidazole rings is 1. The number of halogens is 3. The first-order chi connectivity index (χ1) is 9.88. The molecule has 3 N–H and O–H groups in total. The van der Waals surface area contributed by atoms with Crippen molar-refractivity contribution in [2.75, 3.05) is 5.73 Å². The van der Waals surface area contributed by atoms with Crippen LogP contribution in [0, 0.1) is 0 Å². The fraction of sp³-hybridized carbons (Fsp3) is 0.0833. The van der Waals surface area contributed by atoms with Crippen LogP contribution >= 0.6 is 0 Å². The quantitative estimate of drug-likeness (QED) is 0.715. The van der Waals surface area contributed by atoms with Gasteiger partial charge in [-0.25, -0.2) is 4.98 Å². The molecule has 0 fully saturated rings. The number of nitrogen functional groups attached to an aromatic ring is 1. The van der Waals surface area contributed by atoms with Gasteiger partial charge in [-0.15, -0.1) is 0 Å². The summed E-state index contributed by atoms with van der Waals surface area (Å²) >= 11 is 0. The maximum absolute atomic E-state index is 12.8. The SMILES string of the molecule is Nc1nc2nc[nH]c(=O)c2n1-c1cccc(C(F)(F)F)c1. The molecule has 0 aliphatic rings. The van der Waals surface area contributed by atoms with Crippen LogP contribution in [0.5, 0.6) is 0 Å². The molecule has 108 valence electrons. The van der Waals surface area contributed by atoms with Crippen molar-refractivity contribution in [1.29, 1.82) is 0 Å². The Hall–Kier alpha value is -2.84. The lowest BCUT2D eigenvalue weighted by molar-refractivity contribution is -0.137. The fourth-order valence-electron chi connectivity index (χ4n) is 2.02. The number of nitrogens with two attached hydrogens (primary N) is 1. The number of hydrogen-bond donors (Lipinski definition) is 2. The van der Waals surface area contributed by atoms with Crippen molar-refractivity contribution < 1.29 is 13.2 Å². The maximum atomic E-state index is 12.8. The van der Waals surface area contributed by atoms with Crippen LogP contribution in [0.4, 0.5) is 19.1 Å². The van der Waals surface area contributed by atoms with E-state index in [0.29, 0.717) is 0 Å². The van der Waals surface area contributed by atoms with Crippen molar-refractivity contribution in [2.24, 2.45) is 0 Å². The van der Waals surface area contributed by atoms with Gasteiger partial charge in [0, 0.05) is 5.69 Å². The van der Waals surface area contributed by atoms with Crippen LogP contribution in [-0.2, 0) is 6.18 Å². The molecular formula is C12H8F3N5O. The smallest absolute Gasteiger partial charge is 0.369 e. The summed E-state index contributed by atoms with van der Waals surface area (Å²) in [5.41, 5.74) is 4.45. The highest BCUT2D eigenvalue weighted by Crippen LogP contribution is 2.31. The van der Waals surface area contributed by atoms with E-state index in [9.17, 15) is 18.0 Å². The third-order valence-corrected chi connectivity index (χ3v) is 2.91. The molecule has 21 heavy (non-hydrogen) atoms. The predicted molar refractivity (Wildman–Crippen MR) is 68.9 cm³/mol. The van der Waals surface area contributed by atoms with Crippen molar-refractivity contribution in [3.8, 4) is 5.69 Å². The normalized spacial score (nSPS) is 12.0. The molecule has 6 nitrogen and oxygen atoms in total. The number of alkyl halides is 3. The van der Waals surface area contributed by atoms with E-state index in [0.717, 1.165) is 23.0 Å².